The first kappa shape index (κ1) is 14.7. The van der Waals surface area contributed by atoms with Crippen LogP contribution in [-0.4, -0.2) is 20.7 Å². The SMILES string of the molecule is Cn1nc(CNC(=O)c2ccc(=O)[nH]c2)c2ccccc2c1=O. The predicted octanol–water partition coefficient (Wildman–Crippen LogP) is 0.552. The van der Waals surface area contributed by atoms with Gasteiger partial charge in [0.25, 0.3) is 11.5 Å². The van der Waals surface area contributed by atoms with Crippen molar-refractivity contribution in [1.82, 2.24) is 20.1 Å². The molecule has 1 aromatic carbocycles. The fourth-order valence-corrected chi connectivity index (χ4v) is 2.32. The Balaban J connectivity index is 1.89. The molecule has 1 amide bonds. The zero-order valence-electron chi connectivity index (χ0n) is 12.4. The van der Waals surface area contributed by atoms with Crippen LogP contribution in [0.5, 0.6) is 0 Å². The van der Waals surface area contributed by atoms with Crippen molar-refractivity contribution >= 4 is 16.7 Å². The van der Waals surface area contributed by atoms with Crippen molar-refractivity contribution in [2.45, 2.75) is 6.54 Å². The number of rotatable bonds is 3. The summed E-state index contributed by atoms with van der Waals surface area (Å²) in [6.45, 7) is 0.173. The van der Waals surface area contributed by atoms with E-state index in [-0.39, 0.29) is 23.6 Å². The highest BCUT2D eigenvalue weighted by Gasteiger charge is 2.10. The number of nitrogens with zero attached hydrogens (tertiary/aromatic N) is 2. The third-order valence-corrected chi connectivity index (χ3v) is 3.50. The highest BCUT2D eigenvalue weighted by molar-refractivity contribution is 5.94. The minimum absolute atomic E-state index is 0.173. The van der Waals surface area contributed by atoms with Crippen LogP contribution in [0.3, 0.4) is 0 Å². The minimum Gasteiger partial charge on any atom is -0.346 e. The number of benzene rings is 1. The topological polar surface area (TPSA) is 96.8 Å². The zero-order chi connectivity index (χ0) is 16.4. The number of fused-ring (bicyclic) bond motifs is 1. The number of hydrogen-bond acceptors (Lipinski definition) is 4. The van der Waals surface area contributed by atoms with Crippen molar-refractivity contribution < 1.29 is 4.79 Å². The van der Waals surface area contributed by atoms with Crippen LogP contribution in [0.1, 0.15) is 16.1 Å². The molecule has 0 spiro atoms. The largest absolute Gasteiger partial charge is 0.346 e. The van der Waals surface area contributed by atoms with E-state index in [0.717, 1.165) is 0 Å². The van der Waals surface area contributed by atoms with Crippen LogP contribution in [0.4, 0.5) is 0 Å². The average Bonchev–Trinajstić information content (AvgIpc) is 2.57. The first-order chi connectivity index (χ1) is 11.1. The molecule has 2 N–H and O–H groups in total. The van der Waals surface area contributed by atoms with E-state index < -0.39 is 0 Å². The molecular weight excluding hydrogens is 296 g/mol. The fourth-order valence-electron chi connectivity index (χ4n) is 2.32. The van der Waals surface area contributed by atoms with Crippen molar-refractivity contribution in [2.75, 3.05) is 0 Å². The lowest BCUT2D eigenvalue weighted by Crippen LogP contribution is -2.27. The average molecular weight is 310 g/mol. The third kappa shape index (κ3) is 2.89. The van der Waals surface area contributed by atoms with Crippen LogP contribution in [0, 0.1) is 0 Å². The molecule has 0 unspecified atom stereocenters. The normalized spacial score (nSPS) is 10.7. The molecule has 2 aromatic heterocycles. The Morgan fingerprint density at radius 3 is 2.61 bits per heavy atom. The molecule has 7 heteroatoms. The lowest BCUT2D eigenvalue weighted by Gasteiger charge is -2.09. The maximum absolute atomic E-state index is 12.1. The van der Waals surface area contributed by atoms with Crippen molar-refractivity contribution in [3.05, 3.63) is 74.6 Å². The number of aromatic amines is 1. The lowest BCUT2D eigenvalue weighted by atomic mass is 10.1. The number of carbonyl (C=O) groups is 1. The van der Waals surface area contributed by atoms with E-state index in [2.05, 4.69) is 15.4 Å². The molecule has 0 bridgehead atoms. The van der Waals surface area contributed by atoms with Crippen molar-refractivity contribution in [3.63, 3.8) is 0 Å². The van der Waals surface area contributed by atoms with E-state index in [1.165, 1.54) is 23.0 Å². The van der Waals surface area contributed by atoms with Crippen LogP contribution in [-0.2, 0) is 13.6 Å². The second-order valence-electron chi connectivity index (χ2n) is 5.05. The van der Waals surface area contributed by atoms with Gasteiger partial charge >= 0.3 is 0 Å². The molecule has 3 rings (SSSR count). The minimum atomic E-state index is -0.332. The molecule has 0 radical (unpaired) electrons. The smallest absolute Gasteiger partial charge is 0.274 e. The molecule has 0 aliphatic heterocycles. The van der Waals surface area contributed by atoms with Gasteiger partial charge in [-0.2, -0.15) is 5.10 Å². The Kier molecular flexibility index (Phi) is 3.76. The summed E-state index contributed by atoms with van der Waals surface area (Å²) in [7, 11) is 1.57. The van der Waals surface area contributed by atoms with Gasteiger partial charge in [0.15, 0.2) is 0 Å². The number of nitrogens with one attached hydrogen (secondary N) is 2. The summed E-state index contributed by atoms with van der Waals surface area (Å²) < 4.78 is 1.25. The van der Waals surface area contributed by atoms with Crippen LogP contribution < -0.4 is 16.4 Å². The Bertz CT molecular complexity index is 984. The molecule has 23 heavy (non-hydrogen) atoms. The second-order valence-corrected chi connectivity index (χ2v) is 5.05. The number of aromatic nitrogens is 3. The van der Waals surface area contributed by atoms with Gasteiger partial charge in [-0.3, -0.25) is 14.4 Å². The number of aryl methyl sites for hydroxylation is 1. The molecule has 0 saturated carbocycles. The van der Waals surface area contributed by atoms with E-state index in [1.807, 2.05) is 6.07 Å². The van der Waals surface area contributed by atoms with Gasteiger partial charge in [0.05, 0.1) is 23.2 Å². The third-order valence-electron chi connectivity index (χ3n) is 3.50. The monoisotopic (exact) mass is 310 g/mol. The molecule has 7 nitrogen and oxygen atoms in total. The van der Waals surface area contributed by atoms with Crippen molar-refractivity contribution in [2.24, 2.45) is 7.05 Å². The quantitative estimate of drug-likeness (QED) is 0.738. The molecule has 0 aliphatic carbocycles. The Morgan fingerprint density at radius 1 is 1.17 bits per heavy atom. The van der Waals surface area contributed by atoms with Crippen molar-refractivity contribution in [1.29, 1.82) is 0 Å². The van der Waals surface area contributed by atoms with Crippen LogP contribution >= 0.6 is 0 Å². The maximum Gasteiger partial charge on any atom is 0.274 e. The molecule has 116 valence electrons. The number of H-pyrrole nitrogens is 1. The molecule has 0 atom stereocenters. The molecule has 2 heterocycles. The lowest BCUT2D eigenvalue weighted by molar-refractivity contribution is 0.0950. The van der Waals surface area contributed by atoms with Gasteiger partial charge in [0, 0.05) is 24.7 Å². The van der Waals surface area contributed by atoms with Gasteiger partial charge in [-0.05, 0) is 12.1 Å². The molecule has 0 fully saturated rings. The number of carbonyl (C=O) groups excluding carboxylic acids is 1. The van der Waals surface area contributed by atoms with Crippen molar-refractivity contribution in [3.8, 4) is 0 Å². The predicted molar refractivity (Wildman–Crippen MR) is 85.2 cm³/mol. The maximum atomic E-state index is 12.1. The highest BCUT2D eigenvalue weighted by atomic mass is 16.2. The summed E-state index contributed by atoms with van der Waals surface area (Å²) in [6, 6.07) is 9.86. The summed E-state index contributed by atoms with van der Waals surface area (Å²) in [5.41, 5.74) is 0.489. The van der Waals surface area contributed by atoms with Gasteiger partial charge < -0.3 is 10.3 Å². The fraction of sp³-hybridized carbons (Fsp3) is 0.125. The van der Waals surface area contributed by atoms with E-state index in [0.29, 0.717) is 22.0 Å². The number of pyridine rings is 1. The van der Waals surface area contributed by atoms with Gasteiger partial charge in [-0.1, -0.05) is 18.2 Å². The first-order valence-corrected chi connectivity index (χ1v) is 6.98. The Morgan fingerprint density at radius 2 is 1.91 bits per heavy atom. The van der Waals surface area contributed by atoms with E-state index in [9.17, 15) is 14.4 Å². The summed E-state index contributed by atoms with van der Waals surface area (Å²) >= 11 is 0. The zero-order valence-corrected chi connectivity index (χ0v) is 12.4. The summed E-state index contributed by atoms with van der Waals surface area (Å²) in [5.74, 6) is -0.332. The van der Waals surface area contributed by atoms with Gasteiger partial charge in [0.2, 0.25) is 5.56 Å². The molecule has 0 aliphatic rings. The first-order valence-electron chi connectivity index (χ1n) is 6.98. The molecule has 0 saturated heterocycles. The summed E-state index contributed by atoms with van der Waals surface area (Å²) in [6.07, 6.45) is 1.35. The van der Waals surface area contributed by atoms with E-state index in [4.69, 9.17) is 0 Å². The van der Waals surface area contributed by atoms with Crippen LogP contribution in [0.15, 0.2) is 52.2 Å². The molecular formula is C16H14N4O3. The van der Waals surface area contributed by atoms with Gasteiger partial charge in [0.1, 0.15) is 0 Å². The highest BCUT2D eigenvalue weighted by Crippen LogP contribution is 2.12. The van der Waals surface area contributed by atoms with Crippen LogP contribution in [0.2, 0.25) is 0 Å². The number of hydrogen-bond donors (Lipinski definition) is 2. The van der Waals surface area contributed by atoms with Gasteiger partial charge in [-0.15, -0.1) is 0 Å². The Labute approximate surface area is 130 Å². The summed E-state index contributed by atoms with van der Waals surface area (Å²) in [5, 5.41) is 8.21. The molecule has 3 aromatic rings. The Hall–Kier alpha value is -3.22. The number of amides is 1. The van der Waals surface area contributed by atoms with Crippen LogP contribution in [0.25, 0.3) is 10.8 Å². The second kappa shape index (κ2) is 5.88. The van der Waals surface area contributed by atoms with E-state index in [1.54, 1.807) is 25.2 Å². The summed E-state index contributed by atoms with van der Waals surface area (Å²) in [4.78, 5) is 37.6. The van der Waals surface area contributed by atoms with Gasteiger partial charge in [-0.25, -0.2) is 4.68 Å². The van der Waals surface area contributed by atoms with E-state index >= 15 is 0 Å². The standard InChI is InChI=1S/C16H14N4O3/c1-20-16(23)12-5-3-2-4-11(12)13(19-20)9-18-15(22)10-6-7-14(21)17-8-10/h2-8H,9H2,1H3,(H,17,21)(H,18,22).